The van der Waals surface area contributed by atoms with Crippen molar-refractivity contribution in [1.82, 2.24) is 0 Å². The van der Waals surface area contributed by atoms with E-state index in [4.69, 9.17) is 161 Å². The van der Waals surface area contributed by atoms with E-state index in [-0.39, 0.29) is 0 Å². The summed E-state index contributed by atoms with van der Waals surface area (Å²) in [5.41, 5.74) is 0. The number of hydrogen-bond acceptors (Lipinski definition) is 55. The molecule has 21 aliphatic heterocycles. The van der Waals surface area contributed by atoms with Gasteiger partial charge in [0.15, 0.2) is 123 Å². The van der Waals surface area contributed by atoms with Gasteiger partial charge in [-0.05, 0) is 0 Å². The van der Waals surface area contributed by atoms with E-state index in [0.717, 1.165) is 138 Å². The first-order valence-corrected chi connectivity index (χ1v) is 42.3. The summed E-state index contributed by atoms with van der Waals surface area (Å²) in [6.07, 6.45) is -81.0. The second kappa shape index (κ2) is 50.4. The van der Waals surface area contributed by atoms with Crippen LogP contribution in [0, 0.1) is 0 Å². The lowest BCUT2D eigenvalue weighted by Gasteiger charge is -2.52. The molecule has 55 nitrogen and oxygen atoms in total. The van der Waals surface area contributed by atoms with Crippen LogP contribution in [-0.4, -0.2) is 386 Å². The topological polar surface area (TPSA) is 675 Å². The van der Waals surface area contributed by atoms with E-state index in [1.165, 1.54) is 0 Å². The Morgan fingerprint density at radius 2 is 0.263 bits per heavy atom. The molecule has 0 spiro atoms. The van der Waals surface area contributed by atoms with Crippen LogP contribution in [0.2, 0.25) is 0 Å². The number of aliphatic hydroxyl groups excluding tert-OH is 1. The van der Waals surface area contributed by atoms with Gasteiger partial charge < -0.3 is 166 Å². The first-order valence-electron chi connectivity index (χ1n) is 42.3. The minimum atomic E-state index is -2.54. The van der Waals surface area contributed by atoms with Crippen LogP contribution in [-0.2, 0) is 257 Å². The first-order chi connectivity index (χ1) is 64.3. The van der Waals surface area contributed by atoms with E-state index >= 15 is 0 Å². The standard InChI is InChI=1S/C82H110O55/c1-28(83)104-21-48-56-55(103)63(111-35(8)90)76(124-48)132-57-49(22-105-29(2)84)126-78(71(119-43(16)98)64(57)112-36(9)91)134-59-51(24-107-31(4)86)128-80(73(121-45(18)100)66(59)114-38(11)93)136-61-53(26-109-33(6)88)130-82(75(123-47(20)102)68(61)116-40(13)95)137-62-54(27-110-34(7)89)129-81(74(122-46(19)101)69(62)117-41(14)96)135-60-52(25-108-32(5)87)127-79(72(120-44(17)99)67(60)115-39(12)94)133-58-50(23-106-30(3)85)125-77(131-56)70(118-42(15)97)65(58)113-37(10)92/h48-82,103H,21-27H2,1-20H3. The Bertz CT molecular complexity index is 4200. The molecule has 21 heterocycles. The van der Waals surface area contributed by atoms with Crippen molar-refractivity contribution in [3.63, 3.8) is 0 Å². The number of ether oxygens (including phenoxy) is 34. The van der Waals surface area contributed by atoms with Crippen molar-refractivity contribution < 1.29 is 262 Å². The summed E-state index contributed by atoms with van der Waals surface area (Å²) >= 11 is 0. The van der Waals surface area contributed by atoms with Gasteiger partial charge in [0.2, 0.25) is 0 Å². The molecule has 14 bridgehead atoms. The summed E-state index contributed by atoms with van der Waals surface area (Å²) in [5, 5.41) is 13.1. The van der Waals surface area contributed by atoms with E-state index in [1.807, 2.05) is 0 Å². The van der Waals surface area contributed by atoms with Gasteiger partial charge in [0.25, 0.3) is 0 Å². The lowest BCUT2D eigenvalue weighted by molar-refractivity contribution is -0.396. The summed E-state index contributed by atoms with van der Waals surface area (Å²) in [4.78, 5) is 272. The van der Waals surface area contributed by atoms with Crippen LogP contribution >= 0.6 is 0 Å². The van der Waals surface area contributed by atoms with Crippen LogP contribution in [0.1, 0.15) is 138 Å². The largest absolute Gasteiger partial charge is 0.463 e. The van der Waals surface area contributed by atoms with Gasteiger partial charge in [-0.1, -0.05) is 0 Å². The van der Waals surface area contributed by atoms with Gasteiger partial charge in [-0.3, -0.25) is 95.9 Å². The molecular weight excluding hydrogens is 1860 g/mol. The molecule has 768 valence electrons. The molecule has 0 saturated carbocycles. The molecule has 21 saturated heterocycles. The molecule has 0 amide bonds. The quantitative estimate of drug-likeness (QED) is 0.0608. The number of esters is 20. The van der Waals surface area contributed by atoms with Crippen molar-refractivity contribution in [3.05, 3.63) is 0 Å². The van der Waals surface area contributed by atoms with Crippen molar-refractivity contribution in [3.8, 4) is 0 Å². The summed E-state index contributed by atoms with van der Waals surface area (Å²) in [6.45, 7) is 8.86. The van der Waals surface area contributed by atoms with Gasteiger partial charge in [-0.25, -0.2) is 0 Å². The SMILES string of the molecule is CC(=O)OCC1OC2OC3C(COC(C)=O)OC(OC4C(COC(C)=O)OC(OC5C(COC(C)=O)OC(OC6C(COC(C)=O)OC(OC7C(COC(C)=O)OC(OC8C(COC(C)=O)OC(OC1C(O)C2OC(C)=O)C(OC(C)=O)C8OC(C)=O)C(OC(C)=O)C7OC(C)=O)C(OC(C)=O)C6OC(C)=O)C(OC(C)=O)C5OC(C)=O)C(OC(C)=O)C4OC(C)=O)C(OC(C)=O)C3OC(C)=O. The van der Waals surface area contributed by atoms with E-state index in [2.05, 4.69) is 0 Å². The van der Waals surface area contributed by atoms with Crippen LogP contribution in [0.3, 0.4) is 0 Å². The third-order valence-corrected chi connectivity index (χ3v) is 20.3. The number of aliphatic hydroxyl groups is 1. The molecule has 0 aromatic carbocycles. The molecule has 55 heteroatoms. The minimum Gasteiger partial charge on any atom is -0.463 e. The van der Waals surface area contributed by atoms with E-state index in [0.29, 0.717) is 0 Å². The van der Waals surface area contributed by atoms with Gasteiger partial charge in [-0.2, -0.15) is 0 Å². The van der Waals surface area contributed by atoms with Gasteiger partial charge in [0.05, 0.1) is 0 Å². The van der Waals surface area contributed by atoms with Crippen LogP contribution in [0.15, 0.2) is 0 Å². The number of carbonyl (C=O) groups excluding carboxylic acids is 20. The van der Waals surface area contributed by atoms with Crippen molar-refractivity contribution in [2.24, 2.45) is 0 Å². The molecule has 0 aromatic heterocycles. The van der Waals surface area contributed by atoms with Crippen LogP contribution in [0.4, 0.5) is 0 Å². The Balaban J connectivity index is 1.49. The zero-order valence-electron chi connectivity index (χ0n) is 77.6. The predicted molar refractivity (Wildman–Crippen MR) is 419 cm³/mol. The van der Waals surface area contributed by atoms with Crippen molar-refractivity contribution >= 4 is 119 Å². The van der Waals surface area contributed by atoms with E-state index in [9.17, 15) is 101 Å². The highest BCUT2D eigenvalue weighted by Gasteiger charge is 2.66. The molecule has 35 unspecified atom stereocenters. The Hall–Kier alpha value is -11.2. The minimum absolute atomic E-state index is 0.793. The molecule has 0 aromatic rings. The molecule has 35 atom stereocenters. The molecule has 0 radical (unpaired) electrons. The van der Waals surface area contributed by atoms with Crippen molar-refractivity contribution in [1.29, 1.82) is 0 Å². The average molecular weight is 1980 g/mol. The van der Waals surface area contributed by atoms with Gasteiger partial charge >= 0.3 is 119 Å². The third kappa shape index (κ3) is 31.7. The maximum Gasteiger partial charge on any atom is 0.303 e. The fourth-order valence-electron chi connectivity index (χ4n) is 15.7. The fourth-order valence-corrected chi connectivity index (χ4v) is 15.7. The fraction of sp³-hybridized carbons (Fsp3) is 0.756. The Kier molecular flexibility index (Phi) is 40.9. The highest BCUT2D eigenvalue weighted by molar-refractivity contribution is 5.73. The molecule has 21 aliphatic rings. The molecule has 137 heavy (non-hydrogen) atoms. The van der Waals surface area contributed by atoms with Crippen LogP contribution < -0.4 is 0 Å². The monoisotopic (exact) mass is 1970 g/mol. The average Bonchev–Trinajstić information content (AvgIpc) is 0.858. The summed E-state index contributed by atoms with van der Waals surface area (Å²) < 4.78 is 207. The Morgan fingerprint density at radius 3 is 0.394 bits per heavy atom. The maximum atomic E-state index is 13.9. The molecule has 1 N–H and O–H groups in total. The predicted octanol–water partition coefficient (Wildman–Crippen LogP) is -3.81. The molecule has 21 rings (SSSR count). The summed E-state index contributed by atoms with van der Waals surface area (Å²) in [6, 6.07) is 0. The number of carbonyl (C=O) groups is 20. The van der Waals surface area contributed by atoms with E-state index in [1.54, 1.807) is 0 Å². The second-order valence-electron chi connectivity index (χ2n) is 31.6. The van der Waals surface area contributed by atoms with Crippen LogP contribution in [0.5, 0.6) is 0 Å². The van der Waals surface area contributed by atoms with E-state index < -0.39 is 381 Å². The molecular formula is C82H110O55. The Labute approximate surface area is 778 Å². The lowest BCUT2D eigenvalue weighted by atomic mass is 9.94. The summed E-state index contributed by atoms with van der Waals surface area (Å²) in [7, 11) is 0. The van der Waals surface area contributed by atoms with Crippen molar-refractivity contribution in [2.75, 3.05) is 46.2 Å². The van der Waals surface area contributed by atoms with Gasteiger partial charge in [0.1, 0.15) is 138 Å². The third-order valence-electron chi connectivity index (χ3n) is 20.3. The zero-order valence-corrected chi connectivity index (χ0v) is 77.6. The molecule has 21 fully saturated rings. The smallest absolute Gasteiger partial charge is 0.303 e. The second-order valence-corrected chi connectivity index (χ2v) is 31.6. The van der Waals surface area contributed by atoms with Gasteiger partial charge in [-0.15, -0.1) is 0 Å². The summed E-state index contributed by atoms with van der Waals surface area (Å²) in [5.74, 6) is -24.7. The first kappa shape index (κ1) is 111. The maximum absolute atomic E-state index is 13.9. The van der Waals surface area contributed by atoms with Crippen LogP contribution in [0.25, 0.3) is 0 Å². The van der Waals surface area contributed by atoms with Crippen molar-refractivity contribution in [2.45, 2.75) is 353 Å². The highest BCUT2D eigenvalue weighted by Crippen LogP contribution is 2.45. The number of hydrogen-bond donors (Lipinski definition) is 1. The zero-order chi connectivity index (χ0) is 102. The molecule has 0 aliphatic carbocycles. The van der Waals surface area contributed by atoms with Gasteiger partial charge in [0, 0.05) is 138 Å². The lowest BCUT2D eigenvalue weighted by Crippen LogP contribution is -2.70. The highest BCUT2D eigenvalue weighted by atomic mass is 16.8. The number of rotatable bonds is 27. The Morgan fingerprint density at radius 1 is 0.153 bits per heavy atom. The normalized spacial score (nSPS) is 35.2.